The van der Waals surface area contributed by atoms with Crippen LogP contribution >= 0.6 is 23.1 Å². The summed E-state index contributed by atoms with van der Waals surface area (Å²) in [6.45, 7) is 4.09. The minimum atomic E-state index is 0.439. The van der Waals surface area contributed by atoms with Gasteiger partial charge in [0.1, 0.15) is 10.6 Å². The Morgan fingerprint density at radius 2 is 1.90 bits per heavy atom. The van der Waals surface area contributed by atoms with Gasteiger partial charge >= 0.3 is 0 Å². The molecule has 0 atom stereocenters. The predicted molar refractivity (Wildman–Crippen MR) is 114 cm³/mol. The van der Waals surface area contributed by atoms with E-state index in [9.17, 15) is 0 Å². The van der Waals surface area contributed by atoms with Gasteiger partial charge in [0.05, 0.1) is 25.4 Å². The van der Waals surface area contributed by atoms with Gasteiger partial charge in [-0.25, -0.2) is 9.97 Å². The van der Waals surface area contributed by atoms with Crippen LogP contribution in [0.5, 0.6) is 11.5 Å². The van der Waals surface area contributed by atoms with Crippen LogP contribution < -0.4 is 15.2 Å². The number of nitrogen functional groups attached to an aromatic ring is 1. The van der Waals surface area contributed by atoms with Crippen LogP contribution in [0.15, 0.2) is 27.9 Å². The molecule has 0 aliphatic rings. The lowest BCUT2D eigenvalue weighted by Gasteiger charge is -2.07. The summed E-state index contributed by atoms with van der Waals surface area (Å²) in [5, 5.41) is 5.57. The number of nitrogens with two attached hydrogens (primary N) is 1. The third-order valence-electron chi connectivity index (χ3n) is 4.47. The highest BCUT2D eigenvalue weighted by molar-refractivity contribution is 7.98. The number of thiophene rings is 1. The minimum Gasteiger partial charge on any atom is -0.493 e. The zero-order valence-electron chi connectivity index (χ0n) is 16.3. The number of nitrogens with zero attached hydrogens (tertiary/aromatic N) is 4. The Hall–Kier alpha value is -2.85. The van der Waals surface area contributed by atoms with Gasteiger partial charge in [0.15, 0.2) is 16.7 Å². The molecule has 1 aromatic carbocycles. The van der Waals surface area contributed by atoms with Crippen LogP contribution in [-0.4, -0.2) is 34.3 Å². The molecule has 2 N–H and O–H groups in total. The van der Waals surface area contributed by atoms with Crippen LogP contribution in [0.4, 0.5) is 5.82 Å². The smallest absolute Gasteiger partial charge is 0.237 e. The first-order valence-electron chi connectivity index (χ1n) is 8.71. The Balaban J connectivity index is 1.52. The van der Waals surface area contributed by atoms with Gasteiger partial charge in [-0.1, -0.05) is 16.9 Å². The van der Waals surface area contributed by atoms with Crippen LogP contribution in [0.3, 0.4) is 0 Å². The van der Waals surface area contributed by atoms with Gasteiger partial charge in [-0.15, -0.1) is 11.3 Å². The maximum Gasteiger partial charge on any atom is 0.237 e. The van der Waals surface area contributed by atoms with E-state index in [1.165, 1.54) is 16.6 Å². The van der Waals surface area contributed by atoms with Crippen molar-refractivity contribution in [1.29, 1.82) is 0 Å². The quantitative estimate of drug-likeness (QED) is 0.355. The molecule has 4 rings (SSSR count). The van der Waals surface area contributed by atoms with Gasteiger partial charge in [0, 0.05) is 10.4 Å². The molecule has 0 unspecified atom stereocenters. The molecule has 10 heteroatoms. The summed E-state index contributed by atoms with van der Waals surface area (Å²) in [6, 6.07) is 5.46. The van der Waals surface area contributed by atoms with Crippen molar-refractivity contribution in [2.24, 2.45) is 0 Å². The second-order valence-electron chi connectivity index (χ2n) is 6.22. The van der Waals surface area contributed by atoms with Crippen LogP contribution in [-0.2, 0) is 5.75 Å². The van der Waals surface area contributed by atoms with E-state index in [4.69, 9.17) is 19.7 Å². The third kappa shape index (κ3) is 3.73. The summed E-state index contributed by atoms with van der Waals surface area (Å²) in [5.41, 5.74) is 8.05. The van der Waals surface area contributed by atoms with Crippen molar-refractivity contribution in [2.75, 3.05) is 20.0 Å². The summed E-state index contributed by atoms with van der Waals surface area (Å²) in [7, 11) is 3.17. The molecule has 0 fully saturated rings. The zero-order valence-corrected chi connectivity index (χ0v) is 18.0. The van der Waals surface area contributed by atoms with Crippen molar-refractivity contribution >= 4 is 39.1 Å². The molecule has 150 valence electrons. The number of anilines is 1. The second kappa shape index (κ2) is 7.88. The number of thioether (sulfide) groups is 1. The van der Waals surface area contributed by atoms with Gasteiger partial charge in [0.25, 0.3) is 0 Å². The topological polar surface area (TPSA) is 109 Å². The van der Waals surface area contributed by atoms with Gasteiger partial charge in [0.2, 0.25) is 11.7 Å². The average molecular weight is 430 g/mol. The highest BCUT2D eigenvalue weighted by Gasteiger charge is 2.15. The molecule has 0 amide bonds. The van der Waals surface area contributed by atoms with Crippen LogP contribution in [0.25, 0.3) is 21.6 Å². The predicted octanol–water partition coefficient (Wildman–Crippen LogP) is 4.25. The van der Waals surface area contributed by atoms with Crippen molar-refractivity contribution < 1.29 is 14.0 Å². The van der Waals surface area contributed by atoms with Crippen LogP contribution in [0.2, 0.25) is 0 Å². The van der Waals surface area contributed by atoms with E-state index in [-0.39, 0.29) is 0 Å². The Bertz CT molecular complexity index is 1190. The van der Waals surface area contributed by atoms with E-state index in [0.717, 1.165) is 21.3 Å². The lowest BCUT2D eigenvalue weighted by Crippen LogP contribution is -1.96. The van der Waals surface area contributed by atoms with Crippen molar-refractivity contribution in [3.8, 4) is 22.9 Å². The molecule has 29 heavy (non-hydrogen) atoms. The standard InChI is InChI=1S/C19H19N5O3S2/c1-9-10(2)29-18-15(9)16(20)22-19(23-18)28-8-14-21-17(24-27-14)11-5-6-12(25-3)13(7-11)26-4/h5-7H,8H2,1-4H3,(H2,20,22,23). The van der Waals surface area contributed by atoms with Crippen molar-refractivity contribution in [2.45, 2.75) is 24.8 Å². The number of methoxy groups -OCH3 is 2. The number of fused-ring (bicyclic) bond motifs is 1. The van der Waals surface area contributed by atoms with Crippen LogP contribution in [0.1, 0.15) is 16.3 Å². The highest BCUT2D eigenvalue weighted by Crippen LogP contribution is 2.34. The fourth-order valence-electron chi connectivity index (χ4n) is 2.86. The molecule has 0 aliphatic heterocycles. The first-order valence-corrected chi connectivity index (χ1v) is 10.5. The van der Waals surface area contributed by atoms with Gasteiger partial charge < -0.3 is 19.7 Å². The third-order valence-corrected chi connectivity index (χ3v) is 6.40. The number of aryl methyl sites for hydroxylation is 2. The minimum absolute atomic E-state index is 0.439. The molecule has 8 nitrogen and oxygen atoms in total. The Morgan fingerprint density at radius 1 is 1.10 bits per heavy atom. The fourth-order valence-corrected chi connectivity index (χ4v) is 4.64. The largest absolute Gasteiger partial charge is 0.493 e. The zero-order chi connectivity index (χ0) is 20.5. The Kier molecular flexibility index (Phi) is 5.29. The Morgan fingerprint density at radius 3 is 2.66 bits per heavy atom. The monoisotopic (exact) mass is 429 g/mol. The van der Waals surface area contributed by atoms with E-state index >= 15 is 0 Å². The molecular formula is C19H19N5O3S2. The van der Waals surface area contributed by atoms with E-state index in [1.54, 1.807) is 37.7 Å². The van der Waals surface area contributed by atoms with Crippen LogP contribution in [0, 0.1) is 13.8 Å². The normalized spacial score (nSPS) is 11.2. The first-order chi connectivity index (χ1) is 14.0. The number of ether oxygens (including phenoxy) is 2. The van der Waals surface area contributed by atoms with E-state index in [2.05, 4.69) is 27.0 Å². The SMILES string of the molecule is COc1ccc(-c2noc(CSc3nc(N)c4c(C)c(C)sc4n3)n2)cc1OC. The maximum absolute atomic E-state index is 6.14. The van der Waals surface area contributed by atoms with Gasteiger partial charge in [-0.05, 0) is 37.6 Å². The molecule has 4 aromatic rings. The second-order valence-corrected chi connectivity index (χ2v) is 8.37. The number of hydrogen-bond donors (Lipinski definition) is 1. The molecule has 3 aromatic heterocycles. The lowest BCUT2D eigenvalue weighted by molar-refractivity contribution is 0.355. The van der Waals surface area contributed by atoms with Crippen molar-refractivity contribution in [3.05, 3.63) is 34.5 Å². The molecule has 0 bridgehead atoms. The summed E-state index contributed by atoms with van der Waals surface area (Å²) >= 11 is 3.02. The lowest BCUT2D eigenvalue weighted by atomic mass is 10.2. The molecule has 0 radical (unpaired) electrons. The number of benzene rings is 1. The van der Waals surface area contributed by atoms with E-state index < -0.39 is 0 Å². The summed E-state index contributed by atoms with van der Waals surface area (Å²) in [5.74, 6) is 3.12. The van der Waals surface area contributed by atoms with Gasteiger partial charge in [-0.2, -0.15) is 4.98 Å². The Labute approximate surface area is 175 Å². The number of rotatable bonds is 6. The molecular weight excluding hydrogens is 410 g/mol. The highest BCUT2D eigenvalue weighted by atomic mass is 32.2. The van der Waals surface area contributed by atoms with Gasteiger partial charge in [-0.3, -0.25) is 0 Å². The average Bonchev–Trinajstić information content (AvgIpc) is 3.30. The van der Waals surface area contributed by atoms with E-state index in [1.807, 2.05) is 13.0 Å². The summed E-state index contributed by atoms with van der Waals surface area (Å²) in [6.07, 6.45) is 0. The molecule has 0 aliphatic carbocycles. The van der Waals surface area contributed by atoms with E-state index in [0.29, 0.717) is 39.9 Å². The van der Waals surface area contributed by atoms with Crippen molar-refractivity contribution in [3.63, 3.8) is 0 Å². The molecule has 0 saturated carbocycles. The maximum atomic E-state index is 6.14. The number of aromatic nitrogens is 4. The first kappa shape index (κ1) is 19.5. The molecule has 0 spiro atoms. The van der Waals surface area contributed by atoms with Crippen molar-refractivity contribution in [1.82, 2.24) is 20.1 Å². The fraction of sp³-hybridized carbons (Fsp3) is 0.263. The number of hydrogen-bond acceptors (Lipinski definition) is 10. The summed E-state index contributed by atoms with van der Waals surface area (Å²) in [4.78, 5) is 15.6. The molecule has 0 saturated heterocycles. The molecule has 3 heterocycles. The summed E-state index contributed by atoms with van der Waals surface area (Å²) < 4.78 is 16.0.